The molecule has 2 aliphatic rings. The van der Waals surface area contributed by atoms with Crippen LogP contribution in [0.1, 0.15) is 64.0 Å². The maximum Gasteiger partial charge on any atom is 0.407 e. The second kappa shape index (κ2) is 8.46. The van der Waals surface area contributed by atoms with Crippen LogP contribution in [0.5, 0.6) is 0 Å². The monoisotopic (exact) mass is 464 g/mol. The van der Waals surface area contributed by atoms with Crippen LogP contribution in [0, 0.1) is 5.41 Å². The van der Waals surface area contributed by atoms with Crippen LogP contribution in [0.25, 0.3) is 11.1 Å². The summed E-state index contributed by atoms with van der Waals surface area (Å²) >= 11 is 0. The van der Waals surface area contributed by atoms with Crippen molar-refractivity contribution in [3.05, 3.63) is 59.7 Å². The number of hydrogen-bond acceptors (Lipinski definition) is 4. The lowest BCUT2D eigenvalue weighted by molar-refractivity contribution is -0.139. The van der Waals surface area contributed by atoms with Crippen molar-refractivity contribution >= 4 is 18.0 Å². The van der Waals surface area contributed by atoms with Gasteiger partial charge in [-0.05, 0) is 62.8 Å². The van der Waals surface area contributed by atoms with E-state index in [1.807, 2.05) is 24.3 Å². The molecule has 0 bridgehead atoms. The zero-order valence-corrected chi connectivity index (χ0v) is 20.1. The molecule has 2 aromatic carbocycles. The molecule has 3 N–H and O–H groups in total. The van der Waals surface area contributed by atoms with Gasteiger partial charge in [-0.1, -0.05) is 48.5 Å². The zero-order valence-electron chi connectivity index (χ0n) is 20.1. The lowest BCUT2D eigenvalue weighted by atomic mass is 9.73. The minimum absolute atomic E-state index is 0.0525. The van der Waals surface area contributed by atoms with Crippen molar-refractivity contribution in [3.8, 4) is 11.1 Å². The highest BCUT2D eigenvalue weighted by atomic mass is 16.5. The van der Waals surface area contributed by atoms with Gasteiger partial charge >= 0.3 is 12.1 Å². The summed E-state index contributed by atoms with van der Waals surface area (Å²) in [6.07, 6.45) is 0.581. The minimum atomic E-state index is -1.01. The van der Waals surface area contributed by atoms with Gasteiger partial charge < -0.3 is 20.5 Å². The number of fused-ring (bicyclic) bond motifs is 3. The Morgan fingerprint density at radius 2 is 1.50 bits per heavy atom. The van der Waals surface area contributed by atoms with Crippen LogP contribution in [-0.2, 0) is 14.3 Å². The van der Waals surface area contributed by atoms with E-state index in [-0.39, 0.29) is 24.9 Å². The molecule has 7 heteroatoms. The van der Waals surface area contributed by atoms with Gasteiger partial charge in [0.05, 0.1) is 22.9 Å². The molecule has 0 unspecified atom stereocenters. The number of carbonyl (C=O) groups is 3. The van der Waals surface area contributed by atoms with Crippen molar-refractivity contribution in [1.29, 1.82) is 0 Å². The van der Waals surface area contributed by atoms with Gasteiger partial charge in [-0.15, -0.1) is 0 Å². The van der Waals surface area contributed by atoms with Crippen LogP contribution in [-0.4, -0.2) is 40.8 Å². The molecule has 0 heterocycles. The maximum absolute atomic E-state index is 13.1. The van der Waals surface area contributed by atoms with E-state index in [4.69, 9.17) is 9.84 Å². The fourth-order valence-corrected chi connectivity index (χ4v) is 4.51. The first-order valence-electron chi connectivity index (χ1n) is 11.6. The van der Waals surface area contributed by atoms with Gasteiger partial charge in [0.25, 0.3) is 0 Å². The fourth-order valence-electron chi connectivity index (χ4n) is 4.51. The van der Waals surface area contributed by atoms with Crippen LogP contribution in [0.4, 0.5) is 4.79 Å². The largest absolute Gasteiger partial charge is 0.481 e. The van der Waals surface area contributed by atoms with Crippen molar-refractivity contribution in [2.75, 3.05) is 6.61 Å². The van der Waals surface area contributed by atoms with E-state index in [0.717, 1.165) is 22.3 Å². The summed E-state index contributed by atoms with van der Waals surface area (Å²) in [6, 6.07) is 16.3. The molecule has 0 aromatic heterocycles. The third-order valence-electron chi connectivity index (χ3n) is 7.61. The van der Waals surface area contributed by atoms with Crippen molar-refractivity contribution in [2.45, 2.75) is 64.0 Å². The van der Waals surface area contributed by atoms with Crippen molar-refractivity contribution < 1.29 is 24.2 Å². The first-order chi connectivity index (χ1) is 16.0. The van der Waals surface area contributed by atoms with E-state index in [0.29, 0.717) is 12.8 Å². The summed E-state index contributed by atoms with van der Waals surface area (Å²) in [5, 5.41) is 14.9. The molecule has 180 valence electrons. The van der Waals surface area contributed by atoms with Gasteiger partial charge in [0.2, 0.25) is 5.91 Å². The van der Waals surface area contributed by atoms with Gasteiger partial charge in [-0.2, -0.15) is 0 Å². The lowest BCUT2D eigenvalue weighted by Gasteiger charge is -2.41. The van der Waals surface area contributed by atoms with Crippen LogP contribution in [0.2, 0.25) is 0 Å². The van der Waals surface area contributed by atoms with Gasteiger partial charge in [-0.3, -0.25) is 9.59 Å². The molecule has 0 spiro atoms. The molecular weight excluding hydrogens is 432 g/mol. The Hall–Kier alpha value is -3.35. The SMILES string of the molecule is CC(C)(NC(=O)OCC1c2ccccc2-c2ccccc21)C(C)(C)C(=O)NC1(CC(=O)O)CC1. The highest BCUT2D eigenvalue weighted by Crippen LogP contribution is 2.45. The number of rotatable bonds is 8. The molecule has 34 heavy (non-hydrogen) atoms. The maximum atomic E-state index is 13.1. The molecule has 1 saturated carbocycles. The Bertz CT molecular complexity index is 1090. The number of carbonyl (C=O) groups excluding carboxylic acids is 2. The predicted molar refractivity (Wildman–Crippen MR) is 128 cm³/mol. The molecule has 0 radical (unpaired) electrons. The number of benzene rings is 2. The van der Waals surface area contributed by atoms with Crippen molar-refractivity contribution in [3.63, 3.8) is 0 Å². The summed E-state index contributed by atoms with van der Waals surface area (Å²) in [5.74, 6) is -1.29. The van der Waals surface area contributed by atoms with Gasteiger partial charge in [0.1, 0.15) is 6.61 Å². The van der Waals surface area contributed by atoms with E-state index in [1.165, 1.54) is 0 Å². The minimum Gasteiger partial charge on any atom is -0.481 e. The number of carboxylic acid groups (broad SMARTS) is 1. The third-order valence-corrected chi connectivity index (χ3v) is 7.61. The molecule has 4 rings (SSSR count). The van der Waals surface area contributed by atoms with Gasteiger partial charge in [0.15, 0.2) is 0 Å². The number of ether oxygens (including phenoxy) is 1. The molecule has 2 aliphatic carbocycles. The van der Waals surface area contributed by atoms with E-state index in [9.17, 15) is 14.4 Å². The second-order valence-corrected chi connectivity index (χ2v) is 10.5. The van der Waals surface area contributed by atoms with Crippen LogP contribution in [0.3, 0.4) is 0 Å². The Morgan fingerprint density at radius 1 is 0.971 bits per heavy atom. The van der Waals surface area contributed by atoms with Gasteiger partial charge in [-0.25, -0.2) is 4.79 Å². The highest BCUT2D eigenvalue weighted by molar-refractivity contribution is 5.86. The van der Waals surface area contributed by atoms with Crippen LogP contribution in [0.15, 0.2) is 48.5 Å². The van der Waals surface area contributed by atoms with Crippen LogP contribution < -0.4 is 10.6 Å². The number of alkyl carbamates (subject to hydrolysis) is 1. The van der Waals surface area contributed by atoms with E-state index in [1.54, 1.807) is 27.7 Å². The first-order valence-corrected chi connectivity index (χ1v) is 11.6. The van der Waals surface area contributed by atoms with E-state index < -0.39 is 28.6 Å². The first kappa shape index (κ1) is 23.8. The fraction of sp³-hybridized carbons (Fsp3) is 0.444. The molecule has 0 saturated heterocycles. The molecule has 2 aromatic rings. The number of aliphatic carboxylic acids is 1. The molecular formula is C27H32N2O5. The Balaban J connectivity index is 1.40. The normalized spacial score (nSPS) is 16.2. The quantitative estimate of drug-likeness (QED) is 0.535. The smallest absolute Gasteiger partial charge is 0.407 e. The Kier molecular flexibility index (Phi) is 5.92. The predicted octanol–water partition coefficient (Wildman–Crippen LogP) is 4.45. The summed E-state index contributed by atoms with van der Waals surface area (Å²) < 4.78 is 5.66. The average molecular weight is 465 g/mol. The molecule has 0 atom stereocenters. The summed E-state index contributed by atoms with van der Waals surface area (Å²) in [4.78, 5) is 37.0. The van der Waals surface area contributed by atoms with Gasteiger partial charge in [0, 0.05) is 5.92 Å². The zero-order chi connectivity index (χ0) is 24.7. The number of hydrogen-bond donors (Lipinski definition) is 3. The van der Waals surface area contributed by atoms with Crippen LogP contribution >= 0.6 is 0 Å². The molecule has 1 fully saturated rings. The summed E-state index contributed by atoms with van der Waals surface area (Å²) in [5.41, 5.74) is 1.93. The third kappa shape index (κ3) is 4.39. The van der Waals surface area contributed by atoms with E-state index in [2.05, 4.69) is 34.9 Å². The molecule has 2 amide bonds. The molecule has 0 aliphatic heterocycles. The standard InChI is InChI=1S/C27H32N2O5/c1-25(2,23(32)28-27(13-14-27)15-22(30)31)26(3,4)29-24(33)34-16-21-19-11-7-5-9-17(19)18-10-6-8-12-20(18)21/h5-12,21H,13-16H2,1-4H3,(H,28,32)(H,29,33)(H,30,31). The number of nitrogens with one attached hydrogen (secondary N) is 2. The Labute approximate surface area is 199 Å². The summed E-state index contributed by atoms with van der Waals surface area (Å²) in [7, 11) is 0. The lowest BCUT2D eigenvalue weighted by Crippen LogP contribution is -2.61. The van der Waals surface area contributed by atoms with Crippen molar-refractivity contribution in [1.82, 2.24) is 10.6 Å². The average Bonchev–Trinajstić information content (AvgIpc) is 3.43. The number of amides is 2. The summed E-state index contributed by atoms with van der Waals surface area (Å²) in [6.45, 7) is 7.20. The topological polar surface area (TPSA) is 105 Å². The van der Waals surface area contributed by atoms with Crippen molar-refractivity contribution in [2.24, 2.45) is 5.41 Å². The Morgan fingerprint density at radius 3 is 2.00 bits per heavy atom. The van der Waals surface area contributed by atoms with E-state index >= 15 is 0 Å². The molecule has 7 nitrogen and oxygen atoms in total. The number of carboxylic acids is 1. The highest BCUT2D eigenvalue weighted by Gasteiger charge is 2.51. The second-order valence-electron chi connectivity index (χ2n) is 10.5.